The molecule has 7 heteroatoms. The highest BCUT2D eigenvalue weighted by molar-refractivity contribution is 5.76. The van der Waals surface area contributed by atoms with E-state index < -0.39 is 0 Å². The number of benzene rings is 2. The molecule has 170 valence electrons. The fraction of sp³-hybridized carbons (Fsp3) is 0.520. The zero-order valence-corrected chi connectivity index (χ0v) is 18.5. The lowest BCUT2D eigenvalue weighted by molar-refractivity contribution is 0.0570. The number of aromatic nitrogens is 2. The Labute approximate surface area is 188 Å². The Kier molecular flexibility index (Phi) is 6.76. The van der Waals surface area contributed by atoms with Gasteiger partial charge >= 0.3 is 0 Å². The average Bonchev–Trinajstić information content (AvgIpc) is 3.49. The first-order chi connectivity index (χ1) is 15.7. The lowest BCUT2D eigenvalue weighted by Gasteiger charge is -2.35. The minimum absolute atomic E-state index is 0.103. The third kappa shape index (κ3) is 5.17. The molecule has 2 aliphatic heterocycles. The average molecular weight is 439 g/mol. The summed E-state index contributed by atoms with van der Waals surface area (Å²) in [5.74, 6) is 0.525. The second-order valence-corrected chi connectivity index (χ2v) is 9.19. The molecule has 0 unspecified atom stereocenters. The highest BCUT2D eigenvalue weighted by Crippen LogP contribution is 2.24. The van der Waals surface area contributed by atoms with Crippen LogP contribution in [-0.2, 0) is 17.8 Å². The van der Waals surface area contributed by atoms with Gasteiger partial charge in [-0.3, -0.25) is 9.80 Å². The fourth-order valence-electron chi connectivity index (χ4n) is 5.07. The molecule has 0 aliphatic carbocycles. The summed E-state index contributed by atoms with van der Waals surface area (Å²) in [5, 5.41) is 8.12. The van der Waals surface area contributed by atoms with Crippen LogP contribution in [0.3, 0.4) is 0 Å². The van der Waals surface area contributed by atoms with E-state index in [-0.39, 0.29) is 5.82 Å². The van der Waals surface area contributed by atoms with Crippen molar-refractivity contribution < 1.29 is 13.8 Å². The topological polar surface area (TPSA) is 54.6 Å². The Bertz CT molecular complexity index is 1010. The van der Waals surface area contributed by atoms with E-state index in [1.165, 1.54) is 0 Å². The minimum atomic E-state index is -0.103. The predicted molar refractivity (Wildman–Crippen MR) is 120 cm³/mol. The van der Waals surface area contributed by atoms with Crippen LogP contribution in [0.2, 0.25) is 0 Å². The molecule has 1 aromatic heterocycles. The van der Waals surface area contributed by atoms with Crippen LogP contribution in [-0.4, -0.2) is 59.0 Å². The zero-order valence-electron chi connectivity index (χ0n) is 18.5. The molecule has 3 heterocycles. The van der Waals surface area contributed by atoms with Gasteiger partial charge in [-0.2, -0.15) is 0 Å². The standard InChI is InChI=1S/C25H31FN4O2/c26-23-8-2-1-5-20(23)16-29-12-10-19(11-13-29)15-30(18-22-7-4-14-31-22)17-21-6-3-9-24-25(21)28-32-27-24/h1-3,5-6,8-9,19,22H,4,7,10-18H2/t22-/m1/s1. The number of hydrogen-bond donors (Lipinski definition) is 0. The summed E-state index contributed by atoms with van der Waals surface area (Å²) in [6.45, 7) is 6.38. The van der Waals surface area contributed by atoms with Crippen molar-refractivity contribution in [1.82, 2.24) is 20.1 Å². The van der Waals surface area contributed by atoms with E-state index in [9.17, 15) is 4.39 Å². The Morgan fingerprint density at radius 2 is 1.81 bits per heavy atom. The molecule has 32 heavy (non-hydrogen) atoms. The maximum Gasteiger partial charge on any atom is 0.139 e. The first-order valence-corrected chi connectivity index (χ1v) is 11.7. The van der Waals surface area contributed by atoms with Crippen LogP contribution in [0.5, 0.6) is 0 Å². The number of hydrogen-bond acceptors (Lipinski definition) is 6. The molecule has 0 saturated carbocycles. The highest BCUT2D eigenvalue weighted by Gasteiger charge is 2.25. The maximum atomic E-state index is 14.0. The molecule has 3 aromatic rings. The molecule has 0 radical (unpaired) electrons. The SMILES string of the molecule is Fc1ccccc1CN1CCC(CN(Cc2cccc3nonc23)C[C@H]2CCCO2)CC1. The van der Waals surface area contributed by atoms with Gasteiger partial charge in [0.05, 0.1) is 6.10 Å². The molecule has 0 amide bonds. The molecule has 1 atom stereocenters. The summed E-state index contributed by atoms with van der Waals surface area (Å²) in [6.07, 6.45) is 4.85. The third-order valence-corrected chi connectivity index (χ3v) is 6.82. The number of rotatable bonds is 8. The molecular formula is C25H31FN4O2. The second kappa shape index (κ2) is 10.1. The van der Waals surface area contributed by atoms with Crippen molar-refractivity contribution >= 4 is 11.0 Å². The van der Waals surface area contributed by atoms with Crippen molar-refractivity contribution in [3.63, 3.8) is 0 Å². The molecule has 2 saturated heterocycles. The number of nitrogens with zero attached hydrogens (tertiary/aromatic N) is 4. The number of halogens is 1. The van der Waals surface area contributed by atoms with Crippen molar-refractivity contribution in [2.24, 2.45) is 5.92 Å². The van der Waals surface area contributed by atoms with Crippen LogP contribution in [0.25, 0.3) is 11.0 Å². The van der Waals surface area contributed by atoms with Gasteiger partial charge in [0, 0.05) is 38.3 Å². The predicted octanol–water partition coefficient (Wildman–Crippen LogP) is 4.26. The Balaban J connectivity index is 1.21. The molecule has 2 fully saturated rings. The van der Waals surface area contributed by atoms with Crippen molar-refractivity contribution in [3.8, 4) is 0 Å². The summed E-state index contributed by atoms with van der Waals surface area (Å²) >= 11 is 0. The van der Waals surface area contributed by atoms with Gasteiger partial charge in [-0.1, -0.05) is 30.3 Å². The van der Waals surface area contributed by atoms with Gasteiger partial charge in [0.1, 0.15) is 16.9 Å². The van der Waals surface area contributed by atoms with Crippen molar-refractivity contribution in [3.05, 3.63) is 59.4 Å². The highest BCUT2D eigenvalue weighted by atomic mass is 19.1. The van der Waals surface area contributed by atoms with Crippen LogP contribution in [0.15, 0.2) is 47.1 Å². The van der Waals surface area contributed by atoms with Gasteiger partial charge in [-0.25, -0.2) is 9.02 Å². The van der Waals surface area contributed by atoms with Crippen LogP contribution in [0.4, 0.5) is 4.39 Å². The summed E-state index contributed by atoms with van der Waals surface area (Å²) in [6, 6.07) is 13.2. The number of fused-ring (bicyclic) bond motifs is 1. The first kappa shape index (κ1) is 21.5. The quantitative estimate of drug-likeness (QED) is 0.524. The van der Waals surface area contributed by atoms with Gasteiger partial charge < -0.3 is 4.74 Å². The van der Waals surface area contributed by atoms with E-state index in [0.717, 1.165) is 87.2 Å². The fourth-order valence-corrected chi connectivity index (χ4v) is 5.07. The summed E-state index contributed by atoms with van der Waals surface area (Å²) in [7, 11) is 0. The van der Waals surface area contributed by atoms with Gasteiger partial charge in [-0.15, -0.1) is 0 Å². The number of piperidine rings is 1. The molecule has 0 N–H and O–H groups in total. The smallest absolute Gasteiger partial charge is 0.139 e. The largest absolute Gasteiger partial charge is 0.377 e. The molecule has 6 nitrogen and oxygen atoms in total. The van der Waals surface area contributed by atoms with Crippen LogP contribution >= 0.6 is 0 Å². The van der Waals surface area contributed by atoms with E-state index in [4.69, 9.17) is 9.37 Å². The van der Waals surface area contributed by atoms with Crippen molar-refractivity contribution in [2.75, 3.05) is 32.8 Å². The van der Waals surface area contributed by atoms with Gasteiger partial charge in [0.15, 0.2) is 0 Å². The van der Waals surface area contributed by atoms with E-state index in [1.807, 2.05) is 24.3 Å². The van der Waals surface area contributed by atoms with Gasteiger partial charge in [0.2, 0.25) is 0 Å². The van der Waals surface area contributed by atoms with Crippen LogP contribution in [0, 0.1) is 11.7 Å². The molecule has 2 aromatic carbocycles. The Morgan fingerprint density at radius 3 is 2.62 bits per heavy atom. The lowest BCUT2D eigenvalue weighted by Crippen LogP contribution is -2.40. The van der Waals surface area contributed by atoms with Gasteiger partial charge in [0.25, 0.3) is 0 Å². The summed E-state index contributed by atoms with van der Waals surface area (Å²) in [5.41, 5.74) is 3.60. The van der Waals surface area contributed by atoms with Crippen LogP contribution < -0.4 is 0 Å². The summed E-state index contributed by atoms with van der Waals surface area (Å²) in [4.78, 5) is 4.90. The lowest BCUT2D eigenvalue weighted by atomic mass is 9.95. The molecular weight excluding hydrogens is 407 g/mol. The van der Waals surface area contributed by atoms with E-state index in [0.29, 0.717) is 18.6 Å². The number of likely N-dealkylation sites (tertiary alicyclic amines) is 1. The molecule has 2 aliphatic rings. The normalized spacial score (nSPS) is 20.5. The second-order valence-electron chi connectivity index (χ2n) is 9.19. The molecule has 0 spiro atoms. The Morgan fingerprint density at radius 1 is 0.969 bits per heavy atom. The number of ether oxygens (including phenoxy) is 1. The van der Waals surface area contributed by atoms with Crippen LogP contribution in [0.1, 0.15) is 36.8 Å². The third-order valence-electron chi connectivity index (χ3n) is 6.82. The van der Waals surface area contributed by atoms with Crippen molar-refractivity contribution in [1.29, 1.82) is 0 Å². The van der Waals surface area contributed by atoms with Gasteiger partial charge in [-0.05, 0) is 72.7 Å². The maximum absolute atomic E-state index is 14.0. The monoisotopic (exact) mass is 438 g/mol. The zero-order chi connectivity index (χ0) is 21.8. The summed E-state index contributed by atoms with van der Waals surface area (Å²) < 4.78 is 24.9. The minimum Gasteiger partial charge on any atom is -0.377 e. The first-order valence-electron chi connectivity index (χ1n) is 11.7. The van der Waals surface area contributed by atoms with Crippen molar-refractivity contribution in [2.45, 2.75) is 44.9 Å². The molecule has 0 bridgehead atoms. The Hall–Kier alpha value is -2.35. The van der Waals surface area contributed by atoms with E-state index in [1.54, 1.807) is 12.1 Å². The molecule has 5 rings (SSSR count). The van der Waals surface area contributed by atoms with E-state index in [2.05, 4.69) is 26.2 Å². The van der Waals surface area contributed by atoms with E-state index >= 15 is 0 Å².